The molecule has 0 aliphatic heterocycles. The minimum atomic E-state index is -0.783. The number of nitrogens with two attached hydrogens (primary N) is 1. The van der Waals surface area contributed by atoms with Crippen LogP contribution in [0.3, 0.4) is 0 Å². The summed E-state index contributed by atoms with van der Waals surface area (Å²) < 4.78 is 5.07. The summed E-state index contributed by atoms with van der Waals surface area (Å²) in [6, 6.07) is 6.10. The molecule has 2 atom stereocenters. The molecule has 1 rings (SSSR count). The molecule has 0 radical (unpaired) electrons. The van der Waals surface area contributed by atoms with Gasteiger partial charge in [0.25, 0.3) is 0 Å². The first-order valence-electron chi connectivity index (χ1n) is 10.2. The number of hydrogen-bond donors (Lipinski definition) is 2. The average Bonchev–Trinajstić information content (AvgIpc) is 2.60. The third kappa shape index (κ3) is 7.89. The Morgan fingerprint density at radius 2 is 1.79 bits per heavy atom. The molecule has 6 nitrogen and oxygen atoms in total. The van der Waals surface area contributed by atoms with E-state index in [-0.39, 0.29) is 11.9 Å². The Balaban J connectivity index is 3.23. The average molecular weight is 392 g/mol. The Morgan fingerprint density at radius 3 is 2.29 bits per heavy atom. The van der Waals surface area contributed by atoms with E-state index in [2.05, 4.69) is 44.0 Å². The van der Waals surface area contributed by atoms with Crippen molar-refractivity contribution in [3.63, 3.8) is 0 Å². The van der Waals surface area contributed by atoms with Crippen molar-refractivity contribution in [2.24, 2.45) is 17.6 Å². The molecule has 6 heteroatoms. The normalized spacial score (nSPS) is 13.3. The quantitative estimate of drug-likeness (QED) is 0.321. The molecular formula is C22H37N3O3. The summed E-state index contributed by atoms with van der Waals surface area (Å²) in [6.45, 7) is 14.7. The highest BCUT2D eigenvalue weighted by atomic mass is 16.5. The molecule has 0 saturated heterocycles. The van der Waals surface area contributed by atoms with Crippen molar-refractivity contribution >= 4 is 23.6 Å². The van der Waals surface area contributed by atoms with E-state index in [4.69, 9.17) is 10.5 Å². The topological polar surface area (TPSA) is 84.7 Å². The molecule has 3 N–H and O–H groups in total. The van der Waals surface area contributed by atoms with Crippen LogP contribution in [0.5, 0.6) is 0 Å². The number of aldehydes is 1. The predicted molar refractivity (Wildman–Crippen MR) is 116 cm³/mol. The van der Waals surface area contributed by atoms with Crippen LogP contribution in [0.2, 0.25) is 0 Å². The highest BCUT2D eigenvalue weighted by Crippen LogP contribution is 2.32. The summed E-state index contributed by atoms with van der Waals surface area (Å²) in [5.74, 6) is 0.784. The van der Waals surface area contributed by atoms with Crippen LogP contribution in [0.4, 0.5) is 11.4 Å². The number of carbonyl (C=O) groups is 2. The van der Waals surface area contributed by atoms with Crippen molar-refractivity contribution in [3.8, 4) is 0 Å². The van der Waals surface area contributed by atoms with Gasteiger partial charge in [0, 0.05) is 13.1 Å². The molecule has 0 saturated carbocycles. The summed E-state index contributed by atoms with van der Waals surface area (Å²) in [5.41, 5.74) is 8.69. The molecule has 0 heterocycles. The van der Waals surface area contributed by atoms with Crippen LogP contribution in [0.1, 0.15) is 59.4 Å². The van der Waals surface area contributed by atoms with Crippen LogP contribution < -0.4 is 16.0 Å². The van der Waals surface area contributed by atoms with E-state index >= 15 is 0 Å². The molecule has 0 spiro atoms. The fourth-order valence-corrected chi connectivity index (χ4v) is 3.21. The smallest absolute Gasteiger partial charge is 0.306 e. The molecule has 0 aliphatic rings. The number of rotatable bonds is 12. The number of nitrogens with zero attached hydrogens (tertiary/aromatic N) is 1. The summed E-state index contributed by atoms with van der Waals surface area (Å²) in [6.07, 6.45) is 0.219. The third-order valence-corrected chi connectivity index (χ3v) is 4.35. The minimum absolute atomic E-state index is 0.00440. The molecule has 0 bridgehead atoms. The van der Waals surface area contributed by atoms with Crippen LogP contribution in [-0.4, -0.2) is 38.1 Å². The first-order valence-corrected chi connectivity index (χ1v) is 10.2. The van der Waals surface area contributed by atoms with Gasteiger partial charge >= 0.3 is 5.97 Å². The molecule has 0 amide bonds. The van der Waals surface area contributed by atoms with E-state index in [1.54, 1.807) is 6.92 Å². The summed E-state index contributed by atoms with van der Waals surface area (Å²) in [7, 11) is 0. The Hall–Kier alpha value is -2.08. The summed E-state index contributed by atoms with van der Waals surface area (Å²) in [5, 5.41) is 3.11. The van der Waals surface area contributed by atoms with E-state index in [9.17, 15) is 9.59 Å². The zero-order valence-corrected chi connectivity index (χ0v) is 18.2. The van der Waals surface area contributed by atoms with E-state index in [0.29, 0.717) is 31.1 Å². The first kappa shape index (κ1) is 24.0. The van der Waals surface area contributed by atoms with Crippen molar-refractivity contribution in [2.45, 2.75) is 60.0 Å². The molecule has 0 fully saturated rings. The maximum absolute atomic E-state index is 11.8. The summed E-state index contributed by atoms with van der Waals surface area (Å²) in [4.78, 5) is 25.3. The van der Waals surface area contributed by atoms with Crippen molar-refractivity contribution in [2.75, 3.05) is 29.9 Å². The van der Waals surface area contributed by atoms with Gasteiger partial charge in [-0.05, 0) is 42.4 Å². The maximum Gasteiger partial charge on any atom is 0.306 e. The van der Waals surface area contributed by atoms with E-state index in [1.807, 2.05) is 19.1 Å². The molecule has 1 aromatic carbocycles. The lowest BCUT2D eigenvalue weighted by molar-refractivity contribution is -0.143. The largest absolute Gasteiger partial charge is 0.466 e. The lowest BCUT2D eigenvalue weighted by atomic mass is 9.96. The Kier molecular flexibility index (Phi) is 10.0. The Morgan fingerprint density at radius 1 is 1.18 bits per heavy atom. The van der Waals surface area contributed by atoms with Crippen LogP contribution in [-0.2, 0) is 14.3 Å². The molecule has 158 valence electrons. The van der Waals surface area contributed by atoms with Crippen LogP contribution in [0.15, 0.2) is 18.2 Å². The third-order valence-electron chi connectivity index (χ3n) is 4.35. The van der Waals surface area contributed by atoms with E-state index in [0.717, 1.165) is 30.0 Å². The van der Waals surface area contributed by atoms with Gasteiger partial charge < -0.3 is 20.7 Å². The minimum Gasteiger partial charge on any atom is -0.466 e. The second kappa shape index (κ2) is 11.7. The van der Waals surface area contributed by atoms with Gasteiger partial charge in [0.2, 0.25) is 0 Å². The number of hydrogen-bond acceptors (Lipinski definition) is 6. The maximum atomic E-state index is 11.8. The molecule has 0 aromatic heterocycles. The zero-order chi connectivity index (χ0) is 21.3. The van der Waals surface area contributed by atoms with E-state index < -0.39 is 6.17 Å². The van der Waals surface area contributed by atoms with Crippen molar-refractivity contribution in [1.29, 1.82) is 0 Å². The number of benzene rings is 1. The monoisotopic (exact) mass is 391 g/mol. The molecule has 2 unspecified atom stereocenters. The second-order valence-electron chi connectivity index (χ2n) is 8.19. The molecule has 28 heavy (non-hydrogen) atoms. The van der Waals surface area contributed by atoms with Gasteiger partial charge in [-0.15, -0.1) is 0 Å². The standard InChI is InChI=1S/C22H37N3O3/c1-7-28-22(27)10-17(6)18-8-9-20(19(11-18)24-21(23)14-26)25(12-15(2)3)13-16(4)5/h8-9,11,14-17,21,24H,7,10,12-13,23H2,1-6H3. The Labute approximate surface area is 169 Å². The molecule has 0 aliphatic carbocycles. The van der Waals surface area contributed by atoms with Crippen molar-refractivity contribution < 1.29 is 14.3 Å². The Bertz CT molecular complexity index is 621. The number of carbonyl (C=O) groups excluding carboxylic acids is 2. The zero-order valence-electron chi connectivity index (χ0n) is 18.2. The van der Waals surface area contributed by atoms with Gasteiger partial charge in [-0.25, -0.2) is 0 Å². The summed E-state index contributed by atoms with van der Waals surface area (Å²) >= 11 is 0. The first-order chi connectivity index (χ1) is 13.2. The fraction of sp³-hybridized carbons (Fsp3) is 0.636. The molecule has 1 aromatic rings. The van der Waals surface area contributed by atoms with Gasteiger partial charge in [0.1, 0.15) is 6.17 Å². The highest BCUT2D eigenvalue weighted by molar-refractivity contribution is 5.76. The number of ether oxygens (including phenoxy) is 1. The highest BCUT2D eigenvalue weighted by Gasteiger charge is 2.19. The lowest BCUT2D eigenvalue weighted by Gasteiger charge is -2.31. The van der Waals surface area contributed by atoms with E-state index in [1.165, 1.54) is 0 Å². The van der Waals surface area contributed by atoms with Gasteiger partial charge in [-0.1, -0.05) is 40.7 Å². The van der Waals surface area contributed by atoms with Crippen LogP contribution >= 0.6 is 0 Å². The van der Waals surface area contributed by atoms with Gasteiger partial charge in [-0.3, -0.25) is 9.59 Å². The van der Waals surface area contributed by atoms with Gasteiger partial charge in [0.15, 0.2) is 6.29 Å². The fourth-order valence-electron chi connectivity index (χ4n) is 3.21. The number of nitrogens with one attached hydrogen (secondary N) is 1. The molecular weight excluding hydrogens is 354 g/mol. The van der Waals surface area contributed by atoms with Gasteiger partial charge in [-0.2, -0.15) is 0 Å². The lowest BCUT2D eigenvalue weighted by Crippen LogP contribution is -2.35. The number of esters is 1. The number of anilines is 2. The van der Waals surface area contributed by atoms with Crippen LogP contribution in [0, 0.1) is 11.8 Å². The van der Waals surface area contributed by atoms with Crippen molar-refractivity contribution in [3.05, 3.63) is 23.8 Å². The van der Waals surface area contributed by atoms with Gasteiger partial charge in [0.05, 0.1) is 24.4 Å². The van der Waals surface area contributed by atoms with Crippen LogP contribution in [0.25, 0.3) is 0 Å². The predicted octanol–water partition coefficient (Wildman–Crippen LogP) is 3.76. The SMILES string of the molecule is CCOC(=O)CC(C)c1ccc(N(CC(C)C)CC(C)C)c(NC(N)C=O)c1. The second-order valence-corrected chi connectivity index (χ2v) is 8.19. The van der Waals surface area contributed by atoms with Crippen molar-refractivity contribution in [1.82, 2.24) is 0 Å².